The van der Waals surface area contributed by atoms with Gasteiger partial charge in [0.15, 0.2) is 6.61 Å². The fourth-order valence-electron chi connectivity index (χ4n) is 2.08. The van der Waals surface area contributed by atoms with Gasteiger partial charge in [0, 0.05) is 0 Å². The quantitative estimate of drug-likeness (QED) is 0.663. The van der Waals surface area contributed by atoms with Gasteiger partial charge < -0.3 is 15.2 Å². The molecule has 2 N–H and O–H groups in total. The number of hydrogen-bond donors (Lipinski definition) is 1. The van der Waals surface area contributed by atoms with Gasteiger partial charge in [-0.3, -0.25) is 0 Å². The van der Waals surface area contributed by atoms with Crippen LogP contribution < -0.4 is 10.5 Å². The molecular weight excluding hydrogens is 344 g/mol. The Morgan fingerprint density at radius 3 is 1.79 bits per heavy atom. The summed E-state index contributed by atoms with van der Waals surface area (Å²) in [6.07, 6.45) is -11.5. The molecule has 1 aromatic rings. The van der Waals surface area contributed by atoms with Crippen molar-refractivity contribution in [3.63, 3.8) is 0 Å². The maximum Gasteiger partial charge on any atom is 0.419 e. The topological polar surface area (TPSA) is 61.5 Å². The van der Waals surface area contributed by atoms with E-state index in [-0.39, 0.29) is 16.9 Å². The molecule has 0 unspecified atom stereocenters. The van der Waals surface area contributed by atoms with Crippen molar-refractivity contribution in [1.29, 1.82) is 0 Å². The predicted molar refractivity (Wildman–Crippen MR) is 71.4 cm³/mol. The lowest BCUT2D eigenvalue weighted by Gasteiger charge is -2.34. The molecule has 0 aliphatic rings. The third-order valence-electron chi connectivity index (χ3n) is 3.37. The molecule has 0 aliphatic heterocycles. The Labute approximate surface area is 133 Å². The van der Waals surface area contributed by atoms with Gasteiger partial charge in [0.25, 0.3) is 0 Å². The summed E-state index contributed by atoms with van der Waals surface area (Å²) in [5.74, 6) is -0.771. The summed E-state index contributed by atoms with van der Waals surface area (Å²) in [5.41, 5.74) is -1.00. The van der Waals surface area contributed by atoms with E-state index in [1.165, 1.54) is 13.8 Å². The number of esters is 1. The minimum Gasteiger partial charge on any atom is -0.481 e. The van der Waals surface area contributed by atoms with Crippen molar-refractivity contribution in [2.75, 3.05) is 13.7 Å². The third-order valence-corrected chi connectivity index (χ3v) is 3.37. The molecule has 0 saturated carbocycles. The van der Waals surface area contributed by atoms with E-state index in [1.807, 2.05) is 0 Å². The first-order chi connectivity index (χ1) is 10.8. The summed E-state index contributed by atoms with van der Waals surface area (Å²) >= 11 is 0. The van der Waals surface area contributed by atoms with Crippen LogP contribution in [-0.2, 0) is 15.1 Å². The number of carbonyl (C=O) groups excluding carboxylic acids is 1. The van der Waals surface area contributed by atoms with Crippen molar-refractivity contribution in [3.8, 4) is 5.75 Å². The molecule has 24 heavy (non-hydrogen) atoms. The van der Waals surface area contributed by atoms with Gasteiger partial charge in [-0.2, -0.15) is 26.3 Å². The van der Waals surface area contributed by atoms with Gasteiger partial charge in [-0.1, -0.05) is 0 Å². The lowest BCUT2D eigenvalue weighted by molar-refractivity contribution is -0.301. The van der Waals surface area contributed by atoms with Gasteiger partial charge in [-0.25, -0.2) is 4.79 Å². The molecule has 4 nitrogen and oxygen atoms in total. The highest BCUT2D eigenvalue weighted by molar-refractivity contribution is 5.71. The van der Waals surface area contributed by atoms with E-state index in [9.17, 15) is 31.1 Å². The van der Waals surface area contributed by atoms with E-state index in [4.69, 9.17) is 10.5 Å². The second-order valence-corrected chi connectivity index (χ2v) is 5.11. The number of rotatable bonds is 4. The molecule has 1 aromatic carbocycles. The number of methoxy groups -OCH3 is 1. The first-order valence-electron chi connectivity index (χ1n) is 6.49. The Bertz CT molecular complexity index is 587. The molecule has 0 spiro atoms. The summed E-state index contributed by atoms with van der Waals surface area (Å²) in [6, 6.07) is 1.28. The maximum atomic E-state index is 13.0. The molecule has 136 valence electrons. The van der Waals surface area contributed by atoms with E-state index in [0.717, 1.165) is 7.11 Å². The highest BCUT2D eigenvalue weighted by atomic mass is 19.4. The standard InChI is InChI=1S/C14H15F6NO3/c1-7-4-9(12(21,13(15,16)17)14(18,19)20)5-8(2)11(7)24-6-10(22)23-3/h4-5H,6,21H2,1-3H3. The van der Waals surface area contributed by atoms with Gasteiger partial charge in [-0.05, 0) is 42.7 Å². The van der Waals surface area contributed by atoms with Crippen LogP contribution in [0.2, 0.25) is 0 Å². The van der Waals surface area contributed by atoms with Crippen molar-refractivity contribution in [2.24, 2.45) is 5.73 Å². The summed E-state index contributed by atoms with van der Waals surface area (Å²) < 4.78 is 87.5. The van der Waals surface area contributed by atoms with Gasteiger partial charge in [0.05, 0.1) is 7.11 Å². The van der Waals surface area contributed by atoms with Crippen LogP contribution in [0.3, 0.4) is 0 Å². The average Bonchev–Trinajstić information content (AvgIpc) is 2.42. The molecular formula is C14H15F6NO3. The van der Waals surface area contributed by atoms with Gasteiger partial charge in [0.1, 0.15) is 5.75 Å². The average molecular weight is 359 g/mol. The third kappa shape index (κ3) is 3.58. The van der Waals surface area contributed by atoms with Crippen molar-refractivity contribution in [3.05, 3.63) is 28.8 Å². The number of benzene rings is 1. The van der Waals surface area contributed by atoms with Crippen molar-refractivity contribution in [2.45, 2.75) is 31.7 Å². The summed E-state index contributed by atoms with van der Waals surface area (Å²) in [7, 11) is 1.10. The Morgan fingerprint density at radius 2 is 1.46 bits per heavy atom. The van der Waals surface area contributed by atoms with Crippen LogP contribution in [0.5, 0.6) is 5.75 Å². The van der Waals surface area contributed by atoms with E-state index in [0.29, 0.717) is 12.1 Å². The molecule has 0 bridgehead atoms. The van der Waals surface area contributed by atoms with Gasteiger partial charge in [0.2, 0.25) is 5.54 Å². The van der Waals surface area contributed by atoms with Gasteiger partial charge >= 0.3 is 18.3 Å². The molecule has 0 aromatic heterocycles. The number of hydrogen-bond acceptors (Lipinski definition) is 4. The fourth-order valence-corrected chi connectivity index (χ4v) is 2.08. The van der Waals surface area contributed by atoms with Crippen LogP contribution >= 0.6 is 0 Å². The Hall–Kier alpha value is -1.97. The zero-order chi connectivity index (χ0) is 18.9. The van der Waals surface area contributed by atoms with E-state index >= 15 is 0 Å². The summed E-state index contributed by atoms with van der Waals surface area (Å²) in [5, 5.41) is 0. The summed E-state index contributed by atoms with van der Waals surface area (Å²) in [6.45, 7) is 1.95. The highest BCUT2D eigenvalue weighted by Crippen LogP contribution is 2.49. The number of alkyl halides is 6. The minimum atomic E-state index is -5.75. The fraction of sp³-hybridized carbons (Fsp3) is 0.500. The molecule has 10 heteroatoms. The molecule has 0 fully saturated rings. The number of carbonyl (C=O) groups is 1. The Morgan fingerprint density at radius 1 is 1.04 bits per heavy atom. The van der Waals surface area contributed by atoms with E-state index in [2.05, 4.69) is 4.74 Å². The van der Waals surface area contributed by atoms with Crippen molar-refractivity contribution in [1.82, 2.24) is 0 Å². The first kappa shape index (κ1) is 20.1. The smallest absolute Gasteiger partial charge is 0.419 e. The summed E-state index contributed by atoms with van der Waals surface area (Å²) in [4.78, 5) is 11.0. The van der Waals surface area contributed by atoms with Crippen LogP contribution in [0.25, 0.3) is 0 Å². The normalized spacial score (nSPS) is 12.9. The SMILES string of the molecule is COC(=O)COc1c(C)cc(C(N)(C(F)(F)F)C(F)(F)F)cc1C. The number of ether oxygens (including phenoxy) is 2. The van der Waals surface area contributed by atoms with Crippen LogP contribution in [0.1, 0.15) is 16.7 Å². The lowest BCUT2D eigenvalue weighted by Crippen LogP contribution is -2.60. The molecule has 0 heterocycles. The Kier molecular flexibility index (Phi) is 5.44. The van der Waals surface area contributed by atoms with E-state index < -0.39 is 36.0 Å². The molecule has 0 radical (unpaired) electrons. The molecule has 1 rings (SSSR count). The van der Waals surface area contributed by atoms with Crippen molar-refractivity contribution >= 4 is 5.97 Å². The molecule has 0 amide bonds. The zero-order valence-corrected chi connectivity index (χ0v) is 12.9. The minimum absolute atomic E-state index is 0.0177. The Balaban J connectivity index is 3.39. The van der Waals surface area contributed by atoms with Crippen LogP contribution in [-0.4, -0.2) is 32.0 Å². The lowest BCUT2D eigenvalue weighted by atomic mass is 9.87. The maximum absolute atomic E-state index is 13.0. The monoisotopic (exact) mass is 359 g/mol. The molecule has 0 atom stereocenters. The first-order valence-corrected chi connectivity index (χ1v) is 6.49. The predicted octanol–water partition coefficient (Wildman–Crippen LogP) is 3.13. The highest BCUT2D eigenvalue weighted by Gasteiger charge is 2.69. The molecule has 0 saturated heterocycles. The van der Waals surface area contributed by atoms with Crippen LogP contribution in [0.15, 0.2) is 12.1 Å². The zero-order valence-electron chi connectivity index (χ0n) is 12.9. The van der Waals surface area contributed by atoms with Gasteiger partial charge in [-0.15, -0.1) is 0 Å². The number of aryl methyl sites for hydroxylation is 2. The largest absolute Gasteiger partial charge is 0.481 e. The second kappa shape index (κ2) is 6.50. The van der Waals surface area contributed by atoms with Crippen LogP contribution in [0.4, 0.5) is 26.3 Å². The van der Waals surface area contributed by atoms with Crippen LogP contribution in [0, 0.1) is 13.8 Å². The molecule has 0 aliphatic carbocycles. The van der Waals surface area contributed by atoms with Crippen molar-refractivity contribution < 1.29 is 40.6 Å². The number of halogens is 6. The number of nitrogens with two attached hydrogens (primary N) is 1. The van der Waals surface area contributed by atoms with E-state index in [1.54, 1.807) is 0 Å². The second-order valence-electron chi connectivity index (χ2n) is 5.11.